The number of fused-ring (bicyclic) bond motifs is 1. The molecule has 1 nitrogen and oxygen atoms in total. The largest absolute Gasteiger partial charge is 0.313 e. The van der Waals surface area contributed by atoms with Crippen LogP contribution < -0.4 is 5.32 Å². The fraction of sp³-hybridized carbons (Fsp3) is 0.368. The summed E-state index contributed by atoms with van der Waals surface area (Å²) in [6, 6.07) is 20.3. The third-order valence-electron chi connectivity index (χ3n) is 4.54. The van der Waals surface area contributed by atoms with Gasteiger partial charge in [-0.3, -0.25) is 0 Å². The lowest BCUT2D eigenvalue weighted by Gasteiger charge is -2.19. The van der Waals surface area contributed by atoms with E-state index in [-0.39, 0.29) is 0 Å². The zero-order chi connectivity index (χ0) is 13.8. The predicted molar refractivity (Wildman–Crippen MR) is 84.8 cm³/mol. The van der Waals surface area contributed by atoms with Gasteiger partial charge in [0.1, 0.15) is 0 Å². The van der Waals surface area contributed by atoms with Gasteiger partial charge in [-0.15, -0.1) is 0 Å². The van der Waals surface area contributed by atoms with E-state index in [0.29, 0.717) is 6.04 Å². The molecule has 2 atom stereocenters. The fourth-order valence-corrected chi connectivity index (χ4v) is 3.55. The number of hydrogen-bond donors (Lipinski definition) is 1. The van der Waals surface area contributed by atoms with Crippen molar-refractivity contribution in [2.45, 2.75) is 31.7 Å². The first kappa shape index (κ1) is 13.4. The van der Waals surface area contributed by atoms with Crippen molar-refractivity contribution in [2.24, 2.45) is 5.92 Å². The van der Waals surface area contributed by atoms with Gasteiger partial charge < -0.3 is 5.32 Å². The Bertz CT molecular complexity index is 547. The number of hydrogen-bond acceptors (Lipinski definition) is 1. The molecule has 1 aliphatic carbocycles. The van der Waals surface area contributed by atoms with Crippen molar-refractivity contribution < 1.29 is 0 Å². The van der Waals surface area contributed by atoms with Gasteiger partial charge in [0.05, 0.1) is 0 Å². The fourth-order valence-electron chi connectivity index (χ4n) is 3.55. The minimum atomic E-state index is 0.543. The Morgan fingerprint density at radius 2 is 1.75 bits per heavy atom. The summed E-state index contributed by atoms with van der Waals surface area (Å²) < 4.78 is 0. The van der Waals surface area contributed by atoms with E-state index in [2.05, 4.69) is 67.0 Å². The van der Waals surface area contributed by atoms with Gasteiger partial charge in [0.25, 0.3) is 0 Å². The first-order valence-electron chi connectivity index (χ1n) is 7.67. The Kier molecular flexibility index (Phi) is 4.17. The molecule has 0 radical (unpaired) electrons. The van der Waals surface area contributed by atoms with E-state index >= 15 is 0 Å². The average Bonchev–Trinajstić information content (AvgIpc) is 2.86. The molecule has 2 unspecified atom stereocenters. The molecule has 0 bridgehead atoms. The van der Waals surface area contributed by atoms with Crippen LogP contribution in [0, 0.1) is 5.92 Å². The Hall–Kier alpha value is -1.60. The maximum Gasteiger partial charge on any atom is 0.0352 e. The summed E-state index contributed by atoms with van der Waals surface area (Å²) in [5.41, 5.74) is 4.51. The number of aryl methyl sites for hydroxylation is 1. The zero-order valence-electron chi connectivity index (χ0n) is 12.2. The van der Waals surface area contributed by atoms with Crippen molar-refractivity contribution in [1.82, 2.24) is 5.32 Å². The standard InChI is InChI=1S/C19H23N/c1-20-19-17(14-16-11-5-6-13-18(16)19)12-7-10-15-8-3-2-4-9-15/h2-6,8-9,11,13,17,19-20H,7,10,12,14H2,1H3. The van der Waals surface area contributed by atoms with Gasteiger partial charge >= 0.3 is 0 Å². The molecule has 0 spiro atoms. The Labute approximate surface area is 122 Å². The van der Waals surface area contributed by atoms with Crippen molar-refractivity contribution in [1.29, 1.82) is 0 Å². The quantitative estimate of drug-likeness (QED) is 0.856. The predicted octanol–water partition coefficient (Wildman–Crippen LogP) is 4.14. The maximum atomic E-state index is 3.52. The molecular formula is C19H23N. The molecule has 1 heteroatoms. The average molecular weight is 265 g/mol. The third kappa shape index (κ3) is 2.78. The molecule has 0 fully saturated rings. The second kappa shape index (κ2) is 6.23. The van der Waals surface area contributed by atoms with Gasteiger partial charge in [-0.25, -0.2) is 0 Å². The summed E-state index contributed by atoms with van der Waals surface area (Å²) in [6.07, 6.45) is 5.01. The first-order chi connectivity index (χ1) is 9.88. The molecule has 0 heterocycles. The molecule has 20 heavy (non-hydrogen) atoms. The summed E-state index contributed by atoms with van der Waals surface area (Å²) >= 11 is 0. The molecule has 2 aromatic carbocycles. The van der Waals surface area contributed by atoms with E-state index in [1.807, 2.05) is 0 Å². The van der Waals surface area contributed by atoms with Crippen molar-refractivity contribution >= 4 is 0 Å². The van der Waals surface area contributed by atoms with Crippen molar-refractivity contribution in [3.63, 3.8) is 0 Å². The molecule has 0 aliphatic heterocycles. The summed E-state index contributed by atoms with van der Waals surface area (Å²) in [5, 5.41) is 3.52. The van der Waals surface area contributed by atoms with Crippen LogP contribution in [0.25, 0.3) is 0 Å². The lowest BCUT2D eigenvalue weighted by atomic mass is 9.93. The summed E-state index contributed by atoms with van der Waals surface area (Å²) in [5.74, 6) is 0.751. The molecule has 0 amide bonds. The molecule has 104 valence electrons. The maximum absolute atomic E-state index is 3.52. The Morgan fingerprint density at radius 1 is 1.00 bits per heavy atom. The molecule has 0 saturated carbocycles. The molecule has 1 aliphatic rings. The van der Waals surface area contributed by atoms with Gasteiger partial charge in [0, 0.05) is 6.04 Å². The summed E-state index contributed by atoms with van der Waals surface area (Å²) in [7, 11) is 2.09. The highest BCUT2D eigenvalue weighted by Crippen LogP contribution is 2.38. The normalized spacial score (nSPS) is 20.9. The highest BCUT2D eigenvalue weighted by atomic mass is 14.9. The first-order valence-corrected chi connectivity index (χ1v) is 7.67. The molecule has 3 rings (SSSR count). The molecule has 0 saturated heterocycles. The van der Waals surface area contributed by atoms with Gasteiger partial charge in [-0.05, 0) is 55.3 Å². The van der Waals surface area contributed by atoms with E-state index in [0.717, 1.165) is 5.92 Å². The third-order valence-corrected chi connectivity index (χ3v) is 4.54. The molecule has 0 aromatic heterocycles. The van der Waals surface area contributed by atoms with Gasteiger partial charge in [0.2, 0.25) is 0 Å². The highest BCUT2D eigenvalue weighted by Gasteiger charge is 2.30. The van der Waals surface area contributed by atoms with E-state index in [9.17, 15) is 0 Å². The van der Waals surface area contributed by atoms with Gasteiger partial charge in [-0.1, -0.05) is 54.6 Å². The number of rotatable bonds is 5. The summed E-state index contributed by atoms with van der Waals surface area (Å²) in [4.78, 5) is 0. The topological polar surface area (TPSA) is 12.0 Å². The minimum Gasteiger partial charge on any atom is -0.313 e. The van der Waals surface area contributed by atoms with Crippen LogP contribution >= 0.6 is 0 Å². The van der Waals surface area contributed by atoms with Crippen LogP contribution in [0.4, 0.5) is 0 Å². The van der Waals surface area contributed by atoms with Crippen molar-refractivity contribution in [3.8, 4) is 0 Å². The Balaban J connectivity index is 1.59. The number of nitrogens with one attached hydrogen (secondary N) is 1. The lowest BCUT2D eigenvalue weighted by Crippen LogP contribution is -2.21. The smallest absolute Gasteiger partial charge is 0.0352 e. The molecule has 2 aromatic rings. The van der Waals surface area contributed by atoms with E-state index in [4.69, 9.17) is 0 Å². The van der Waals surface area contributed by atoms with Crippen LogP contribution in [0.3, 0.4) is 0 Å². The monoisotopic (exact) mass is 265 g/mol. The molecular weight excluding hydrogens is 242 g/mol. The zero-order valence-corrected chi connectivity index (χ0v) is 12.2. The second-order valence-corrected chi connectivity index (χ2v) is 5.81. The SMILES string of the molecule is CNC1c2ccccc2CC1CCCc1ccccc1. The Morgan fingerprint density at radius 3 is 2.55 bits per heavy atom. The number of benzene rings is 2. The highest BCUT2D eigenvalue weighted by molar-refractivity contribution is 5.35. The van der Waals surface area contributed by atoms with Crippen molar-refractivity contribution in [2.75, 3.05) is 7.05 Å². The van der Waals surface area contributed by atoms with Crippen LogP contribution in [0.1, 0.15) is 35.6 Å². The lowest BCUT2D eigenvalue weighted by molar-refractivity contribution is 0.378. The summed E-state index contributed by atoms with van der Waals surface area (Å²) in [6.45, 7) is 0. The van der Waals surface area contributed by atoms with Crippen LogP contribution in [0.2, 0.25) is 0 Å². The van der Waals surface area contributed by atoms with Gasteiger partial charge in [0.15, 0.2) is 0 Å². The van der Waals surface area contributed by atoms with Crippen LogP contribution in [-0.2, 0) is 12.8 Å². The second-order valence-electron chi connectivity index (χ2n) is 5.81. The van der Waals surface area contributed by atoms with E-state index in [1.165, 1.54) is 42.4 Å². The van der Waals surface area contributed by atoms with Crippen LogP contribution in [0.15, 0.2) is 54.6 Å². The van der Waals surface area contributed by atoms with Crippen LogP contribution in [-0.4, -0.2) is 7.05 Å². The molecule has 1 N–H and O–H groups in total. The minimum absolute atomic E-state index is 0.543. The van der Waals surface area contributed by atoms with E-state index in [1.54, 1.807) is 0 Å². The van der Waals surface area contributed by atoms with E-state index < -0.39 is 0 Å². The van der Waals surface area contributed by atoms with Crippen LogP contribution in [0.5, 0.6) is 0 Å². The van der Waals surface area contributed by atoms with Gasteiger partial charge in [-0.2, -0.15) is 0 Å². The van der Waals surface area contributed by atoms with Crippen molar-refractivity contribution in [3.05, 3.63) is 71.3 Å².